The zero-order valence-electron chi connectivity index (χ0n) is 20.9. The van der Waals surface area contributed by atoms with E-state index in [4.69, 9.17) is 34.8 Å². The van der Waals surface area contributed by atoms with E-state index in [1.807, 2.05) is 6.92 Å². The summed E-state index contributed by atoms with van der Waals surface area (Å²) in [5.41, 5.74) is 0.774. The van der Waals surface area contributed by atoms with Crippen LogP contribution in [0, 0.1) is 0 Å². The molecule has 202 valence electrons. The molecule has 2 amide bonds. The molecule has 0 unspecified atom stereocenters. The van der Waals surface area contributed by atoms with Crippen molar-refractivity contribution in [2.75, 3.05) is 17.1 Å². The largest absolute Gasteiger partial charge is 0.352 e. The molecule has 0 saturated heterocycles. The van der Waals surface area contributed by atoms with E-state index in [-0.39, 0.29) is 29.2 Å². The monoisotopic (exact) mass is 587 g/mol. The van der Waals surface area contributed by atoms with Crippen molar-refractivity contribution in [1.29, 1.82) is 0 Å². The van der Waals surface area contributed by atoms with Crippen LogP contribution in [0.15, 0.2) is 42.5 Å². The molecular weight excluding hydrogens is 557 g/mol. The average Bonchev–Trinajstić information content (AvgIpc) is 2.84. The lowest BCUT2D eigenvalue weighted by Crippen LogP contribution is -2.54. The van der Waals surface area contributed by atoms with Crippen molar-refractivity contribution in [2.45, 2.75) is 64.1 Å². The molecule has 37 heavy (non-hydrogen) atoms. The van der Waals surface area contributed by atoms with Crippen LogP contribution in [0.25, 0.3) is 0 Å². The molecule has 2 aromatic carbocycles. The normalized spacial score (nSPS) is 15.2. The molecule has 1 atom stereocenters. The van der Waals surface area contributed by atoms with Crippen LogP contribution in [0.3, 0.4) is 0 Å². The van der Waals surface area contributed by atoms with Gasteiger partial charge in [0.25, 0.3) is 0 Å². The number of rotatable bonds is 10. The van der Waals surface area contributed by atoms with Gasteiger partial charge in [-0.15, -0.1) is 0 Å². The lowest BCUT2D eigenvalue weighted by Gasteiger charge is -2.34. The van der Waals surface area contributed by atoms with Crippen LogP contribution in [0.4, 0.5) is 5.69 Å². The van der Waals surface area contributed by atoms with Gasteiger partial charge in [-0.25, -0.2) is 8.42 Å². The fourth-order valence-electron chi connectivity index (χ4n) is 4.55. The molecule has 2 aromatic rings. The predicted octanol–water partition coefficient (Wildman–Crippen LogP) is 5.67. The first-order valence-corrected chi connectivity index (χ1v) is 15.3. The van der Waals surface area contributed by atoms with E-state index >= 15 is 0 Å². The first-order valence-electron chi connectivity index (χ1n) is 12.3. The van der Waals surface area contributed by atoms with Gasteiger partial charge >= 0.3 is 0 Å². The van der Waals surface area contributed by atoms with Gasteiger partial charge in [0.05, 0.1) is 17.0 Å². The van der Waals surface area contributed by atoms with E-state index in [2.05, 4.69) is 5.32 Å². The summed E-state index contributed by atoms with van der Waals surface area (Å²) in [4.78, 5) is 28.6. The first-order chi connectivity index (χ1) is 17.5. The Morgan fingerprint density at radius 1 is 1.03 bits per heavy atom. The Morgan fingerprint density at radius 3 is 2.30 bits per heavy atom. The number of carbonyl (C=O) groups excluding carboxylic acids is 2. The lowest BCUT2D eigenvalue weighted by molar-refractivity contribution is -0.140. The summed E-state index contributed by atoms with van der Waals surface area (Å²) in [5, 5.41) is 4.08. The van der Waals surface area contributed by atoms with Crippen LogP contribution in [-0.4, -0.2) is 50.0 Å². The number of anilines is 1. The molecule has 1 saturated carbocycles. The van der Waals surface area contributed by atoms with Gasteiger partial charge in [-0.05, 0) is 49.1 Å². The quantitative estimate of drug-likeness (QED) is 0.388. The summed E-state index contributed by atoms with van der Waals surface area (Å²) in [7, 11) is -3.87. The van der Waals surface area contributed by atoms with Crippen molar-refractivity contribution in [3.63, 3.8) is 0 Å². The van der Waals surface area contributed by atoms with Crippen LogP contribution >= 0.6 is 34.8 Å². The van der Waals surface area contributed by atoms with Crippen LogP contribution in [0.2, 0.25) is 15.1 Å². The Bertz CT molecular complexity index is 1220. The highest BCUT2D eigenvalue weighted by Crippen LogP contribution is 2.29. The van der Waals surface area contributed by atoms with Gasteiger partial charge in [-0.2, -0.15) is 0 Å². The number of sulfonamides is 1. The van der Waals surface area contributed by atoms with Crippen molar-refractivity contribution < 1.29 is 18.0 Å². The molecule has 1 aliphatic rings. The minimum Gasteiger partial charge on any atom is -0.352 e. The molecule has 0 spiro atoms. The highest BCUT2D eigenvalue weighted by Gasteiger charge is 2.33. The van der Waals surface area contributed by atoms with Gasteiger partial charge in [0.1, 0.15) is 12.6 Å². The number of benzene rings is 2. The second-order valence-corrected chi connectivity index (χ2v) is 12.4. The minimum absolute atomic E-state index is 0.00551. The molecule has 0 aromatic heterocycles. The molecule has 0 radical (unpaired) electrons. The third-order valence-electron chi connectivity index (χ3n) is 6.49. The van der Waals surface area contributed by atoms with E-state index in [1.165, 1.54) is 11.0 Å². The third-order valence-corrected chi connectivity index (χ3v) is 8.53. The minimum atomic E-state index is -3.87. The second-order valence-electron chi connectivity index (χ2n) is 9.25. The van der Waals surface area contributed by atoms with Crippen molar-refractivity contribution in [2.24, 2.45) is 0 Å². The topological polar surface area (TPSA) is 86.8 Å². The Balaban J connectivity index is 1.95. The average molecular weight is 589 g/mol. The van der Waals surface area contributed by atoms with E-state index < -0.39 is 28.5 Å². The Kier molecular flexibility index (Phi) is 10.5. The first kappa shape index (κ1) is 29.6. The fraction of sp³-hybridized carbons (Fsp3) is 0.462. The van der Waals surface area contributed by atoms with Crippen molar-refractivity contribution in [3.8, 4) is 0 Å². The number of hydrogen-bond donors (Lipinski definition) is 1. The Labute approximate surface area is 234 Å². The molecular formula is C26H32Cl3N3O4S. The summed E-state index contributed by atoms with van der Waals surface area (Å²) in [6.07, 6.45) is 6.38. The van der Waals surface area contributed by atoms with Crippen molar-refractivity contribution in [3.05, 3.63) is 63.1 Å². The van der Waals surface area contributed by atoms with Crippen molar-refractivity contribution >= 4 is 62.3 Å². The molecule has 1 aliphatic carbocycles. The summed E-state index contributed by atoms with van der Waals surface area (Å²) in [6, 6.07) is 10.5. The van der Waals surface area contributed by atoms with Gasteiger partial charge < -0.3 is 10.2 Å². The molecule has 0 aliphatic heterocycles. The third kappa shape index (κ3) is 7.99. The number of para-hydroxylation sites is 1. The SMILES string of the molecule is CC[C@H](C(=O)NC1CCCCC1)N(Cc1ccc(Cl)cc1Cl)C(=O)CN(c1ccccc1Cl)S(C)(=O)=O. The highest BCUT2D eigenvalue weighted by atomic mass is 35.5. The number of nitrogens with one attached hydrogen (secondary N) is 1. The Hall–Kier alpha value is -2.00. The van der Waals surface area contributed by atoms with Gasteiger partial charge in [-0.3, -0.25) is 13.9 Å². The number of amides is 2. The summed E-state index contributed by atoms with van der Waals surface area (Å²) < 4.78 is 26.4. The van der Waals surface area contributed by atoms with E-state index in [0.29, 0.717) is 22.0 Å². The molecule has 0 heterocycles. The predicted molar refractivity (Wildman–Crippen MR) is 150 cm³/mol. The van der Waals surface area contributed by atoms with E-state index in [1.54, 1.807) is 36.4 Å². The van der Waals surface area contributed by atoms with Crippen LogP contribution in [0.1, 0.15) is 51.0 Å². The molecule has 3 rings (SSSR count). The summed E-state index contributed by atoms with van der Waals surface area (Å²) in [6.45, 7) is 1.30. The zero-order chi connectivity index (χ0) is 27.2. The van der Waals surface area contributed by atoms with Gasteiger partial charge in [-0.1, -0.05) is 79.2 Å². The second kappa shape index (κ2) is 13.2. The van der Waals surface area contributed by atoms with Crippen molar-refractivity contribution in [1.82, 2.24) is 10.2 Å². The maximum absolute atomic E-state index is 13.8. The van der Waals surface area contributed by atoms with Gasteiger partial charge in [0.15, 0.2) is 0 Å². The van der Waals surface area contributed by atoms with E-state index in [0.717, 1.165) is 42.7 Å². The number of nitrogens with zero attached hydrogens (tertiary/aromatic N) is 2. The standard InChI is InChI=1S/C26H32Cl3N3O4S/c1-3-23(26(34)30-20-9-5-4-6-10-20)31(16-18-13-14-19(27)15-22(18)29)25(33)17-32(37(2,35)36)24-12-8-7-11-21(24)28/h7-8,11-15,20,23H,3-6,9-10,16-17H2,1-2H3,(H,30,34)/t23-/m1/s1. The highest BCUT2D eigenvalue weighted by molar-refractivity contribution is 7.92. The molecule has 1 fully saturated rings. The van der Waals surface area contributed by atoms with E-state index in [9.17, 15) is 18.0 Å². The number of halogens is 3. The number of hydrogen-bond acceptors (Lipinski definition) is 4. The van der Waals surface area contributed by atoms with Gasteiger partial charge in [0, 0.05) is 22.6 Å². The van der Waals surface area contributed by atoms with Gasteiger partial charge in [0.2, 0.25) is 21.8 Å². The van der Waals surface area contributed by atoms with Crippen LogP contribution in [0.5, 0.6) is 0 Å². The molecule has 1 N–H and O–H groups in total. The summed E-state index contributed by atoms with van der Waals surface area (Å²) in [5.74, 6) is -0.821. The smallest absolute Gasteiger partial charge is 0.244 e. The maximum Gasteiger partial charge on any atom is 0.244 e. The molecule has 7 nitrogen and oxygen atoms in total. The van der Waals surface area contributed by atoms with Crippen LogP contribution in [-0.2, 0) is 26.2 Å². The number of carbonyl (C=O) groups is 2. The van der Waals surface area contributed by atoms with Crippen LogP contribution < -0.4 is 9.62 Å². The maximum atomic E-state index is 13.8. The zero-order valence-corrected chi connectivity index (χ0v) is 24.0. The fourth-order valence-corrected chi connectivity index (χ4v) is 6.16. The molecule has 0 bridgehead atoms. The summed E-state index contributed by atoms with van der Waals surface area (Å²) >= 11 is 18.7. The lowest BCUT2D eigenvalue weighted by atomic mass is 9.95. The Morgan fingerprint density at radius 2 is 1.70 bits per heavy atom. The molecule has 11 heteroatoms.